The summed E-state index contributed by atoms with van der Waals surface area (Å²) in [5, 5.41) is 3.05. The molecule has 2 rings (SSSR count). The van der Waals surface area contributed by atoms with Crippen LogP contribution in [0.15, 0.2) is 48.5 Å². The molecule has 0 aromatic heterocycles. The molecule has 0 saturated carbocycles. The van der Waals surface area contributed by atoms with Gasteiger partial charge in [-0.3, -0.25) is 4.79 Å². The Morgan fingerprint density at radius 2 is 1.90 bits per heavy atom. The largest absolute Gasteiger partial charge is 0.497 e. The van der Waals surface area contributed by atoms with Crippen molar-refractivity contribution in [3.05, 3.63) is 59.9 Å². The second-order valence-electron chi connectivity index (χ2n) is 4.85. The topological polar surface area (TPSA) is 64.3 Å². The number of nitrogens with two attached hydrogens (primary N) is 1. The van der Waals surface area contributed by atoms with Gasteiger partial charge < -0.3 is 15.8 Å². The summed E-state index contributed by atoms with van der Waals surface area (Å²) in [7, 11) is 1.57. The number of hydrogen-bond acceptors (Lipinski definition) is 3. The van der Waals surface area contributed by atoms with Crippen LogP contribution in [0.4, 0.5) is 10.1 Å². The molecule has 21 heavy (non-hydrogen) atoms. The molecule has 0 bridgehead atoms. The van der Waals surface area contributed by atoms with Crippen molar-refractivity contribution >= 4 is 11.6 Å². The van der Waals surface area contributed by atoms with Crippen LogP contribution >= 0.6 is 0 Å². The van der Waals surface area contributed by atoms with Crippen molar-refractivity contribution in [2.24, 2.45) is 5.73 Å². The van der Waals surface area contributed by atoms with Crippen molar-refractivity contribution < 1.29 is 13.9 Å². The number of carbonyl (C=O) groups excluding carboxylic acids is 1. The predicted molar refractivity (Wildman–Crippen MR) is 79.6 cm³/mol. The van der Waals surface area contributed by atoms with Crippen LogP contribution < -0.4 is 15.8 Å². The van der Waals surface area contributed by atoms with E-state index in [1.54, 1.807) is 50.4 Å². The summed E-state index contributed by atoms with van der Waals surface area (Å²) in [6.45, 7) is 1.62. The average Bonchev–Trinajstić information content (AvgIpc) is 2.47. The number of benzene rings is 2. The minimum Gasteiger partial charge on any atom is -0.497 e. The van der Waals surface area contributed by atoms with Crippen LogP contribution in [0.3, 0.4) is 0 Å². The van der Waals surface area contributed by atoms with Crippen LogP contribution in [0, 0.1) is 5.82 Å². The number of amides is 1. The highest BCUT2D eigenvalue weighted by atomic mass is 19.1. The van der Waals surface area contributed by atoms with Gasteiger partial charge in [0.05, 0.1) is 7.11 Å². The Balaban J connectivity index is 2.36. The number of methoxy groups -OCH3 is 1. The van der Waals surface area contributed by atoms with Crippen molar-refractivity contribution in [3.8, 4) is 5.75 Å². The number of anilines is 1. The van der Waals surface area contributed by atoms with E-state index in [4.69, 9.17) is 10.5 Å². The van der Waals surface area contributed by atoms with E-state index in [0.717, 1.165) is 0 Å². The summed E-state index contributed by atoms with van der Waals surface area (Å²) in [5.74, 6) is -0.312. The Hall–Kier alpha value is -2.56. The molecular formula is C16H17FN2O2. The Kier molecular flexibility index (Phi) is 4.12. The second-order valence-corrected chi connectivity index (χ2v) is 4.85. The first-order chi connectivity index (χ1) is 9.95. The average molecular weight is 288 g/mol. The molecule has 5 heteroatoms. The van der Waals surface area contributed by atoms with Gasteiger partial charge in [-0.2, -0.15) is 0 Å². The Morgan fingerprint density at radius 3 is 2.43 bits per heavy atom. The molecular weight excluding hydrogens is 271 g/mol. The van der Waals surface area contributed by atoms with Gasteiger partial charge in [0.2, 0.25) is 5.91 Å². The van der Waals surface area contributed by atoms with Crippen LogP contribution in [0.5, 0.6) is 5.75 Å². The quantitative estimate of drug-likeness (QED) is 0.889. The highest BCUT2D eigenvalue weighted by Gasteiger charge is 2.33. The van der Waals surface area contributed by atoms with E-state index in [0.29, 0.717) is 17.0 Å². The van der Waals surface area contributed by atoms with Gasteiger partial charge in [0.15, 0.2) is 0 Å². The molecule has 0 aliphatic heterocycles. The van der Waals surface area contributed by atoms with Gasteiger partial charge in [-0.1, -0.05) is 12.1 Å². The van der Waals surface area contributed by atoms with E-state index in [1.807, 2.05) is 0 Å². The SMILES string of the molecule is COc1ccc(NC(C)(C(N)=O)c2cccc(F)c2)cc1. The maximum absolute atomic E-state index is 13.4. The summed E-state index contributed by atoms with van der Waals surface area (Å²) in [5.41, 5.74) is 5.44. The van der Waals surface area contributed by atoms with E-state index in [1.165, 1.54) is 12.1 Å². The minimum atomic E-state index is -1.21. The maximum Gasteiger partial charge on any atom is 0.247 e. The number of carbonyl (C=O) groups is 1. The van der Waals surface area contributed by atoms with Crippen LogP contribution in [0.25, 0.3) is 0 Å². The predicted octanol–water partition coefficient (Wildman–Crippen LogP) is 2.65. The highest BCUT2D eigenvalue weighted by Crippen LogP contribution is 2.27. The molecule has 2 aromatic rings. The zero-order chi connectivity index (χ0) is 15.5. The normalized spacial score (nSPS) is 13.3. The zero-order valence-electron chi connectivity index (χ0n) is 11.9. The van der Waals surface area contributed by atoms with Gasteiger partial charge in [0, 0.05) is 5.69 Å². The Bertz CT molecular complexity index is 643. The van der Waals surface area contributed by atoms with E-state index in [2.05, 4.69) is 5.32 Å². The Morgan fingerprint density at radius 1 is 1.24 bits per heavy atom. The molecule has 1 atom stereocenters. The molecule has 0 saturated heterocycles. The van der Waals surface area contributed by atoms with E-state index in [-0.39, 0.29) is 0 Å². The van der Waals surface area contributed by atoms with Crippen molar-refractivity contribution in [3.63, 3.8) is 0 Å². The monoisotopic (exact) mass is 288 g/mol. The lowest BCUT2D eigenvalue weighted by atomic mass is 9.90. The van der Waals surface area contributed by atoms with Gasteiger partial charge in [0.25, 0.3) is 0 Å². The number of primary amides is 1. The summed E-state index contributed by atoms with van der Waals surface area (Å²) in [6.07, 6.45) is 0. The molecule has 0 spiro atoms. The van der Waals surface area contributed by atoms with Crippen LogP contribution in [0.1, 0.15) is 12.5 Å². The minimum absolute atomic E-state index is 0.420. The summed E-state index contributed by atoms with van der Waals surface area (Å²) in [4.78, 5) is 11.9. The number of rotatable bonds is 5. The van der Waals surface area contributed by atoms with Crippen molar-refractivity contribution in [1.29, 1.82) is 0 Å². The van der Waals surface area contributed by atoms with E-state index >= 15 is 0 Å². The number of ether oxygens (including phenoxy) is 1. The van der Waals surface area contributed by atoms with E-state index in [9.17, 15) is 9.18 Å². The summed E-state index contributed by atoms with van der Waals surface area (Å²) < 4.78 is 18.5. The lowest BCUT2D eigenvalue weighted by Crippen LogP contribution is -2.45. The zero-order valence-corrected chi connectivity index (χ0v) is 11.9. The molecule has 2 aromatic carbocycles. The van der Waals surface area contributed by atoms with Gasteiger partial charge in [0.1, 0.15) is 17.1 Å². The number of halogens is 1. The third kappa shape index (κ3) is 3.13. The van der Waals surface area contributed by atoms with Crippen LogP contribution in [0.2, 0.25) is 0 Å². The molecule has 1 unspecified atom stereocenters. The van der Waals surface area contributed by atoms with Gasteiger partial charge in [-0.25, -0.2) is 4.39 Å². The third-order valence-electron chi connectivity index (χ3n) is 3.38. The molecule has 0 heterocycles. The van der Waals surface area contributed by atoms with Crippen molar-refractivity contribution in [2.45, 2.75) is 12.5 Å². The first kappa shape index (κ1) is 14.8. The molecule has 0 fully saturated rings. The smallest absolute Gasteiger partial charge is 0.247 e. The Labute approximate surface area is 122 Å². The molecule has 0 aliphatic rings. The van der Waals surface area contributed by atoms with E-state index < -0.39 is 17.3 Å². The highest BCUT2D eigenvalue weighted by molar-refractivity contribution is 5.89. The number of hydrogen-bond donors (Lipinski definition) is 2. The van der Waals surface area contributed by atoms with Crippen molar-refractivity contribution in [1.82, 2.24) is 0 Å². The van der Waals surface area contributed by atoms with Gasteiger partial charge in [-0.05, 0) is 48.9 Å². The number of nitrogens with one attached hydrogen (secondary N) is 1. The lowest BCUT2D eigenvalue weighted by molar-refractivity contribution is -0.122. The second kappa shape index (κ2) is 5.83. The maximum atomic E-state index is 13.4. The first-order valence-electron chi connectivity index (χ1n) is 6.44. The fourth-order valence-corrected chi connectivity index (χ4v) is 2.04. The molecule has 110 valence electrons. The third-order valence-corrected chi connectivity index (χ3v) is 3.38. The van der Waals surface area contributed by atoms with Gasteiger partial charge in [-0.15, -0.1) is 0 Å². The fourth-order valence-electron chi connectivity index (χ4n) is 2.04. The van der Waals surface area contributed by atoms with Gasteiger partial charge >= 0.3 is 0 Å². The van der Waals surface area contributed by atoms with Crippen LogP contribution in [-0.2, 0) is 10.3 Å². The molecule has 0 radical (unpaired) electrons. The molecule has 1 amide bonds. The standard InChI is InChI=1S/C16H17FN2O2/c1-16(15(18)20,11-4-3-5-12(17)10-11)19-13-6-8-14(21-2)9-7-13/h3-10,19H,1-2H3,(H2,18,20). The first-order valence-corrected chi connectivity index (χ1v) is 6.44. The summed E-state index contributed by atoms with van der Waals surface area (Å²) in [6, 6.07) is 12.9. The molecule has 0 aliphatic carbocycles. The fraction of sp³-hybridized carbons (Fsp3) is 0.188. The molecule has 3 N–H and O–H groups in total. The van der Waals surface area contributed by atoms with Crippen molar-refractivity contribution in [2.75, 3.05) is 12.4 Å². The van der Waals surface area contributed by atoms with Crippen LogP contribution in [-0.4, -0.2) is 13.0 Å². The lowest BCUT2D eigenvalue weighted by Gasteiger charge is -2.29. The molecule has 4 nitrogen and oxygen atoms in total. The summed E-state index contributed by atoms with van der Waals surface area (Å²) >= 11 is 0.